The fraction of sp³-hybridized carbons (Fsp3) is 0.643. The molecule has 1 aliphatic carbocycles. The monoisotopic (exact) mass is 311 g/mol. The number of aromatic nitrogens is 2. The molecule has 1 aliphatic rings. The number of nitrogens with one attached hydrogen (secondary N) is 2. The molecule has 1 heterocycles. The number of carboxylic acids is 1. The van der Waals surface area contributed by atoms with Crippen molar-refractivity contribution >= 4 is 17.7 Å². The predicted molar refractivity (Wildman–Crippen MR) is 81.7 cm³/mol. The molecule has 1 aromatic rings. The van der Waals surface area contributed by atoms with E-state index in [0.717, 1.165) is 12.8 Å². The van der Waals surface area contributed by atoms with Crippen LogP contribution in [0.25, 0.3) is 0 Å². The maximum atomic E-state index is 11.5. The van der Waals surface area contributed by atoms with E-state index in [-0.39, 0.29) is 10.8 Å². The van der Waals surface area contributed by atoms with Gasteiger partial charge in [0.05, 0.1) is 0 Å². The van der Waals surface area contributed by atoms with Crippen molar-refractivity contribution in [2.75, 3.05) is 0 Å². The number of nitrogens with zero attached hydrogens (tertiary/aromatic N) is 1. The van der Waals surface area contributed by atoms with E-state index in [1.165, 1.54) is 17.8 Å². The molecular weight excluding hydrogens is 290 g/mol. The van der Waals surface area contributed by atoms with Gasteiger partial charge in [0.15, 0.2) is 5.16 Å². The van der Waals surface area contributed by atoms with Gasteiger partial charge in [-0.3, -0.25) is 14.9 Å². The number of hydrogen-bond acceptors (Lipinski definition) is 5. The zero-order valence-electron chi connectivity index (χ0n) is 12.5. The highest BCUT2D eigenvalue weighted by atomic mass is 32.2. The summed E-state index contributed by atoms with van der Waals surface area (Å²) in [6.07, 6.45) is 2.54. The SMILES string of the molecule is Cc1cc(=O)[nH]c(SC(C)CC(C)(NC2CC2)C(=O)O)n1. The van der Waals surface area contributed by atoms with Crippen LogP contribution in [0, 0.1) is 6.92 Å². The smallest absolute Gasteiger partial charge is 0.323 e. The Hall–Kier alpha value is -1.34. The van der Waals surface area contributed by atoms with E-state index < -0.39 is 11.5 Å². The molecule has 2 unspecified atom stereocenters. The predicted octanol–water partition coefficient (Wildman–Crippen LogP) is 1.54. The highest BCUT2D eigenvalue weighted by Crippen LogP contribution is 2.29. The summed E-state index contributed by atoms with van der Waals surface area (Å²) in [5.74, 6) is -0.840. The third-order valence-corrected chi connectivity index (χ3v) is 4.41. The van der Waals surface area contributed by atoms with E-state index in [4.69, 9.17) is 0 Å². The summed E-state index contributed by atoms with van der Waals surface area (Å²) >= 11 is 1.39. The maximum Gasteiger partial charge on any atom is 0.323 e. The van der Waals surface area contributed by atoms with Gasteiger partial charge in [0.2, 0.25) is 0 Å². The molecule has 1 fully saturated rings. The molecule has 3 N–H and O–H groups in total. The Bertz CT molecular complexity index is 585. The number of aryl methyl sites for hydroxylation is 1. The van der Waals surface area contributed by atoms with Crippen LogP contribution in [0.2, 0.25) is 0 Å². The molecule has 116 valence electrons. The van der Waals surface area contributed by atoms with E-state index >= 15 is 0 Å². The number of rotatable bonds is 7. The fourth-order valence-corrected chi connectivity index (χ4v) is 3.45. The van der Waals surface area contributed by atoms with Gasteiger partial charge in [-0.25, -0.2) is 4.98 Å². The van der Waals surface area contributed by atoms with E-state index in [1.807, 2.05) is 6.92 Å². The van der Waals surface area contributed by atoms with Gasteiger partial charge in [0.1, 0.15) is 5.54 Å². The minimum Gasteiger partial charge on any atom is -0.480 e. The quantitative estimate of drug-likeness (QED) is 0.522. The van der Waals surface area contributed by atoms with Crippen molar-refractivity contribution in [3.8, 4) is 0 Å². The Morgan fingerprint density at radius 2 is 2.33 bits per heavy atom. The second kappa shape index (κ2) is 6.19. The summed E-state index contributed by atoms with van der Waals surface area (Å²) in [6, 6.07) is 1.75. The van der Waals surface area contributed by atoms with Gasteiger partial charge >= 0.3 is 5.97 Å². The first-order chi connectivity index (χ1) is 9.78. The van der Waals surface area contributed by atoms with Gasteiger partial charge in [-0.1, -0.05) is 18.7 Å². The summed E-state index contributed by atoms with van der Waals surface area (Å²) in [5.41, 5.74) is -0.475. The number of aliphatic carboxylic acids is 1. The first-order valence-electron chi connectivity index (χ1n) is 7.04. The molecular formula is C14H21N3O3S. The number of carboxylic acid groups (broad SMARTS) is 1. The lowest BCUT2D eigenvalue weighted by molar-refractivity contribution is -0.144. The molecule has 21 heavy (non-hydrogen) atoms. The third kappa shape index (κ3) is 4.57. The summed E-state index contributed by atoms with van der Waals surface area (Å²) in [6.45, 7) is 5.43. The molecule has 0 saturated heterocycles. The van der Waals surface area contributed by atoms with Crippen molar-refractivity contribution < 1.29 is 9.90 Å². The minimum absolute atomic E-state index is 0.0160. The Balaban J connectivity index is 2.02. The van der Waals surface area contributed by atoms with Crippen LogP contribution in [0.1, 0.15) is 38.8 Å². The topological polar surface area (TPSA) is 95.1 Å². The van der Waals surface area contributed by atoms with Gasteiger partial charge in [0.25, 0.3) is 5.56 Å². The second-order valence-corrected chi connectivity index (χ2v) is 7.31. The lowest BCUT2D eigenvalue weighted by Crippen LogP contribution is -2.52. The summed E-state index contributed by atoms with van der Waals surface area (Å²) < 4.78 is 0. The van der Waals surface area contributed by atoms with E-state index in [0.29, 0.717) is 23.3 Å². The number of hydrogen-bond donors (Lipinski definition) is 3. The van der Waals surface area contributed by atoms with Crippen molar-refractivity contribution in [2.45, 2.75) is 62.0 Å². The average Bonchev–Trinajstić information content (AvgIpc) is 3.10. The van der Waals surface area contributed by atoms with Crippen LogP contribution in [0.4, 0.5) is 0 Å². The fourth-order valence-electron chi connectivity index (χ4n) is 2.30. The Labute approximate surface area is 127 Å². The van der Waals surface area contributed by atoms with Gasteiger partial charge in [-0.05, 0) is 33.1 Å². The molecule has 0 bridgehead atoms. The molecule has 0 spiro atoms. The van der Waals surface area contributed by atoms with Crippen LogP contribution >= 0.6 is 11.8 Å². The largest absolute Gasteiger partial charge is 0.480 e. The third-order valence-electron chi connectivity index (χ3n) is 3.43. The summed E-state index contributed by atoms with van der Waals surface area (Å²) in [5, 5.41) is 13.2. The van der Waals surface area contributed by atoms with Crippen molar-refractivity contribution in [3.63, 3.8) is 0 Å². The van der Waals surface area contributed by atoms with Crippen LogP contribution < -0.4 is 10.9 Å². The van der Waals surface area contributed by atoms with E-state index in [1.54, 1.807) is 13.8 Å². The standard InChI is InChI=1S/C14H21N3O3S/c1-8-6-11(18)16-13(15-8)21-9(2)7-14(3,12(19)20)17-10-4-5-10/h6,9-10,17H,4-5,7H2,1-3H3,(H,19,20)(H,15,16,18). The maximum absolute atomic E-state index is 11.5. The van der Waals surface area contributed by atoms with Crippen LogP contribution in [0.15, 0.2) is 16.0 Å². The molecule has 6 nitrogen and oxygen atoms in total. The van der Waals surface area contributed by atoms with E-state index in [2.05, 4.69) is 15.3 Å². The molecule has 1 saturated carbocycles. The van der Waals surface area contributed by atoms with Crippen LogP contribution in [-0.4, -0.2) is 37.9 Å². The summed E-state index contributed by atoms with van der Waals surface area (Å²) in [4.78, 5) is 29.9. The minimum atomic E-state index is -0.947. The van der Waals surface area contributed by atoms with Crippen molar-refractivity contribution in [3.05, 3.63) is 22.1 Å². The van der Waals surface area contributed by atoms with Gasteiger partial charge in [-0.15, -0.1) is 0 Å². The molecule has 1 aromatic heterocycles. The van der Waals surface area contributed by atoms with Gasteiger partial charge < -0.3 is 10.1 Å². The molecule has 2 atom stereocenters. The zero-order chi connectivity index (χ0) is 15.6. The first-order valence-corrected chi connectivity index (χ1v) is 7.92. The first kappa shape index (κ1) is 16.0. The van der Waals surface area contributed by atoms with Gasteiger partial charge in [-0.2, -0.15) is 0 Å². The highest BCUT2D eigenvalue weighted by Gasteiger charge is 2.39. The lowest BCUT2D eigenvalue weighted by Gasteiger charge is -2.29. The van der Waals surface area contributed by atoms with Crippen molar-refractivity contribution in [1.29, 1.82) is 0 Å². The second-order valence-electron chi connectivity index (χ2n) is 5.88. The molecule has 0 aromatic carbocycles. The number of aromatic amines is 1. The Morgan fingerprint density at radius 3 is 2.86 bits per heavy atom. The van der Waals surface area contributed by atoms with Gasteiger partial charge in [0, 0.05) is 23.1 Å². The van der Waals surface area contributed by atoms with Crippen molar-refractivity contribution in [2.24, 2.45) is 0 Å². The lowest BCUT2D eigenvalue weighted by atomic mass is 9.96. The zero-order valence-corrected chi connectivity index (χ0v) is 13.3. The van der Waals surface area contributed by atoms with E-state index in [9.17, 15) is 14.7 Å². The molecule has 7 heteroatoms. The number of thioether (sulfide) groups is 1. The normalized spacial score (nSPS) is 19.0. The van der Waals surface area contributed by atoms with Crippen LogP contribution in [-0.2, 0) is 4.79 Å². The number of carbonyl (C=O) groups is 1. The molecule has 0 radical (unpaired) electrons. The molecule has 2 rings (SSSR count). The van der Waals surface area contributed by atoms with Crippen LogP contribution in [0.5, 0.6) is 0 Å². The van der Waals surface area contributed by atoms with Crippen molar-refractivity contribution in [1.82, 2.24) is 15.3 Å². The summed E-state index contributed by atoms with van der Waals surface area (Å²) in [7, 11) is 0. The Morgan fingerprint density at radius 1 is 1.67 bits per heavy atom. The molecule has 0 aliphatic heterocycles. The number of H-pyrrole nitrogens is 1. The van der Waals surface area contributed by atoms with Crippen LogP contribution in [0.3, 0.4) is 0 Å². The molecule has 0 amide bonds. The Kier molecular flexibility index (Phi) is 4.73. The highest BCUT2D eigenvalue weighted by molar-refractivity contribution is 7.99. The average molecular weight is 311 g/mol.